The fraction of sp³-hybridized carbons (Fsp3) is 0.100. The van der Waals surface area contributed by atoms with Crippen LogP contribution in [0.5, 0.6) is 5.75 Å². The van der Waals surface area contributed by atoms with Crippen LogP contribution in [0.3, 0.4) is 0 Å². The molecule has 11 heteroatoms. The van der Waals surface area contributed by atoms with Crippen LogP contribution in [0.2, 0.25) is 5.02 Å². The van der Waals surface area contributed by atoms with Crippen LogP contribution in [0, 0.1) is 0 Å². The molecule has 0 radical (unpaired) electrons. The standard InChI is InChI=1S/C20H12BrClF2N4O2S/c1-30-14-5-2-9(16(23)24)6-13(14)12-7-10(22)3-4-11(12)18(29)28-20-27-17-19(31-20)26-15(21)8-25-17/h2-8,16H,1H3,(H,25,27,28,29). The number of nitrogens with zero attached hydrogens (tertiary/aromatic N) is 3. The van der Waals surface area contributed by atoms with E-state index in [2.05, 4.69) is 36.2 Å². The summed E-state index contributed by atoms with van der Waals surface area (Å²) in [4.78, 5) is 26.3. The lowest BCUT2D eigenvalue weighted by atomic mass is 9.96. The van der Waals surface area contributed by atoms with Gasteiger partial charge in [-0.05, 0) is 57.9 Å². The Labute approximate surface area is 192 Å². The summed E-state index contributed by atoms with van der Waals surface area (Å²) in [6.07, 6.45) is -1.17. The van der Waals surface area contributed by atoms with Crippen molar-refractivity contribution in [3.63, 3.8) is 0 Å². The Morgan fingerprint density at radius 1 is 1.19 bits per heavy atom. The molecule has 1 N–H and O–H groups in total. The van der Waals surface area contributed by atoms with E-state index in [9.17, 15) is 13.6 Å². The number of aromatic nitrogens is 3. The third-order valence-electron chi connectivity index (χ3n) is 4.31. The highest BCUT2D eigenvalue weighted by molar-refractivity contribution is 9.10. The summed E-state index contributed by atoms with van der Waals surface area (Å²) < 4.78 is 32.4. The molecule has 0 atom stereocenters. The third kappa shape index (κ3) is 4.51. The molecule has 2 aromatic heterocycles. The van der Waals surface area contributed by atoms with Crippen molar-refractivity contribution >= 4 is 60.4 Å². The minimum absolute atomic E-state index is 0.198. The molecule has 2 aromatic carbocycles. The smallest absolute Gasteiger partial charge is 0.263 e. The lowest BCUT2D eigenvalue weighted by molar-refractivity contribution is 0.102. The molecule has 0 bridgehead atoms. The SMILES string of the molecule is COc1ccc(C(F)F)cc1-c1cc(Cl)ccc1C(=O)Nc1nc2ncc(Br)nc2s1. The van der Waals surface area contributed by atoms with E-state index in [1.54, 1.807) is 6.07 Å². The molecule has 0 saturated carbocycles. The first kappa shape index (κ1) is 21.5. The zero-order valence-electron chi connectivity index (χ0n) is 15.7. The van der Waals surface area contributed by atoms with Crippen LogP contribution >= 0.6 is 38.9 Å². The van der Waals surface area contributed by atoms with Crippen LogP contribution < -0.4 is 10.1 Å². The second kappa shape index (κ2) is 8.81. The largest absolute Gasteiger partial charge is 0.496 e. The number of fused-ring (bicyclic) bond motifs is 1. The van der Waals surface area contributed by atoms with Gasteiger partial charge in [0.25, 0.3) is 12.3 Å². The fourth-order valence-corrected chi connectivity index (χ4v) is 4.29. The van der Waals surface area contributed by atoms with Gasteiger partial charge in [0, 0.05) is 21.7 Å². The Kier molecular flexibility index (Phi) is 6.12. The number of carbonyl (C=O) groups excluding carboxylic acids is 1. The molecule has 0 aliphatic rings. The van der Waals surface area contributed by atoms with Gasteiger partial charge in [0.1, 0.15) is 10.4 Å². The number of methoxy groups -OCH3 is 1. The van der Waals surface area contributed by atoms with Crippen molar-refractivity contribution in [2.24, 2.45) is 0 Å². The van der Waals surface area contributed by atoms with Gasteiger partial charge in [0.05, 0.1) is 13.3 Å². The maximum Gasteiger partial charge on any atom is 0.263 e. The predicted octanol–water partition coefficient (Wildman–Crippen LogP) is 6.37. The van der Waals surface area contributed by atoms with Gasteiger partial charge in [-0.2, -0.15) is 4.98 Å². The van der Waals surface area contributed by atoms with Crippen LogP contribution in [-0.4, -0.2) is 28.0 Å². The Bertz CT molecular complexity index is 1300. The van der Waals surface area contributed by atoms with Crippen molar-refractivity contribution in [3.05, 3.63) is 63.3 Å². The van der Waals surface area contributed by atoms with Crippen LogP contribution in [-0.2, 0) is 0 Å². The van der Waals surface area contributed by atoms with Gasteiger partial charge in [-0.1, -0.05) is 22.9 Å². The number of hydrogen-bond acceptors (Lipinski definition) is 6. The summed E-state index contributed by atoms with van der Waals surface area (Å²) in [5.41, 5.74) is 1.09. The molecule has 0 unspecified atom stereocenters. The predicted molar refractivity (Wildman–Crippen MR) is 119 cm³/mol. The van der Waals surface area contributed by atoms with Crippen molar-refractivity contribution in [3.8, 4) is 16.9 Å². The van der Waals surface area contributed by atoms with Crippen LogP contribution in [0.1, 0.15) is 22.3 Å². The minimum Gasteiger partial charge on any atom is -0.496 e. The molecular formula is C20H12BrClF2N4O2S. The summed E-state index contributed by atoms with van der Waals surface area (Å²) in [6, 6.07) is 8.58. The molecule has 0 saturated heterocycles. The Balaban J connectivity index is 1.76. The molecule has 158 valence electrons. The molecule has 0 fully saturated rings. The van der Waals surface area contributed by atoms with E-state index in [0.717, 1.165) is 11.3 Å². The summed E-state index contributed by atoms with van der Waals surface area (Å²) >= 11 is 10.5. The number of anilines is 1. The molecule has 31 heavy (non-hydrogen) atoms. The van der Waals surface area contributed by atoms with E-state index in [1.807, 2.05) is 0 Å². The van der Waals surface area contributed by atoms with Gasteiger partial charge >= 0.3 is 0 Å². The second-order valence-corrected chi connectivity index (χ2v) is 8.47. The molecule has 4 rings (SSSR count). The molecule has 1 amide bonds. The monoisotopic (exact) mass is 524 g/mol. The van der Waals surface area contributed by atoms with Crippen LogP contribution in [0.4, 0.5) is 13.9 Å². The topological polar surface area (TPSA) is 77.0 Å². The average Bonchev–Trinajstić information content (AvgIpc) is 3.14. The quantitative estimate of drug-likeness (QED) is 0.328. The van der Waals surface area contributed by atoms with Crippen molar-refractivity contribution < 1.29 is 18.3 Å². The van der Waals surface area contributed by atoms with Gasteiger partial charge in [-0.3, -0.25) is 10.1 Å². The van der Waals surface area contributed by atoms with Crippen molar-refractivity contribution in [2.45, 2.75) is 6.43 Å². The number of carbonyl (C=O) groups is 1. The summed E-state index contributed by atoms with van der Waals surface area (Å²) in [5.74, 6) is -0.159. The van der Waals surface area contributed by atoms with E-state index < -0.39 is 12.3 Å². The number of nitrogens with one attached hydrogen (secondary N) is 1. The van der Waals surface area contributed by atoms with E-state index >= 15 is 0 Å². The van der Waals surface area contributed by atoms with Crippen LogP contribution in [0.25, 0.3) is 21.6 Å². The number of amides is 1. The lowest BCUT2D eigenvalue weighted by Gasteiger charge is -2.14. The highest BCUT2D eigenvalue weighted by Gasteiger charge is 2.20. The highest BCUT2D eigenvalue weighted by atomic mass is 79.9. The number of ether oxygens (including phenoxy) is 1. The summed E-state index contributed by atoms with van der Waals surface area (Å²) in [7, 11) is 1.42. The number of benzene rings is 2. The third-order valence-corrected chi connectivity index (χ3v) is 5.78. The van der Waals surface area contributed by atoms with Gasteiger partial charge < -0.3 is 4.74 Å². The van der Waals surface area contributed by atoms with E-state index in [0.29, 0.717) is 42.1 Å². The summed E-state index contributed by atoms with van der Waals surface area (Å²) in [6.45, 7) is 0. The van der Waals surface area contributed by atoms with Crippen LogP contribution in [0.15, 0.2) is 47.2 Å². The van der Waals surface area contributed by atoms with Crippen molar-refractivity contribution in [1.29, 1.82) is 0 Å². The van der Waals surface area contributed by atoms with E-state index in [4.69, 9.17) is 16.3 Å². The van der Waals surface area contributed by atoms with Gasteiger partial charge in [-0.15, -0.1) is 0 Å². The molecule has 4 aromatic rings. The molecule has 0 aliphatic heterocycles. The highest BCUT2D eigenvalue weighted by Crippen LogP contribution is 2.37. The van der Waals surface area contributed by atoms with E-state index in [1.165, 1.54) is 43.6 Å². The first-order valence-corrected chi connectivity index (χ1v) is 10.7. The molecule has 2 heterocycles. The summed E-state index contributed by atoms with van der Waals surface area (Å²) in [5, 5.41) is 3.35. The average molecular weight is 526 g/mol. The molecule has 0 spiro atoms. The fourth-order valence-electron chi connectivity index (χ4n) is 2.93. The Morgan fingerprint density at radius 2 is 2.00 bits per heavy atom. The zero-order valence-corrected chi connectivity index (χ0v) is 18.9. The lowest BCUT2D eigenvalue weighted by Crippen LogP contribution is -2.13. The number of thiazole rings is 1. The zero-order chi connectivity index (χ0) is 22.1. The van der Waals surface area contributed by atoms with Gasteiger partial charge in [-0.25, -0.2) is 18.7 Å². The van der Waals surface area contributed by atoms with Gasteiger partial charge in [0.15, 0.2) is 15.6 Å². The number of halogens is 4. The number of rotatable bonds is 5. The minimum atomic E-state index is -2.68. The Hall–Kier alpha value is -2.69. The normalized spacial score (nSPS) is 11.2. The first-order valence-electron chi connectivity index (χ1n) is 8.72. The second-order valence-electron chi connectivity index (χ2n) is 6.24. The maximum absolute atomic E-state index is 13.3. The van der Waals surface area contributed by atoms with Crippen molar-refractivity contribution in [2.75, 3.05) is 12.4 Å². The molecule has 6 nitrogen and oxygen atoms in total. The van der Waals surface area contributed by atoms with Gasteiger partial charge in [0.2, 0.25) is 0 Å². The number of hydrogen-bond donors (Lipinski definition) is 1. The van der Waals surface area contributed by atoms with Crippen molar-refractivity contribution in [1.82, 2.24) is 15.0 Å². The maximum atomic E-state index is 13.3. The molecule has 0 aliphatic carbocycles. The Morgan fingerprint density at radius 3 is 2.74 bits per heavy atom. The molecular weight excluding hydrogens is 514 g/mol. The first-order chi connectivity index (χ1) is 14.9. The van der Waals surface area contributed by atoms with E-state index in [-0.39, 0.29) is 11.1 Å². The number of alkyl halides is 2.